The summed E-state index contributed by atoms with van der Waals surface area (Å²) in [4.78, 5) is 82.9. The molecule has 0 fully saturated rings. The molecule has 0 rings (SSSR count). The minimum absolute atomic E-state index is 0.0753. The van der Waals surface area contributed by atoms with Crippen molar-refractivity contribution in [2.24, 2.45) is 5.73 Å². The van der Waals surface area contributed by atoms with E-state index in [-0.39, 0.29) is 23.0 Å². The van der Waals surface area contributed by atoms with Gasteiger partial charge in [-0.15, -0.1) is 0 Å². The monoisotopic (exact) mass is 601 g/mol. The number of carboxylic acids is 1. The van der Waals surface area contributed by atoms with Crippen LogP contribution in [0.2, 0.25) is 0 Å². The van der Waals surface area contributed by atoms with Gasteiger partial charge in [0.2, 0.25) is 35.4 Å². The van der Waals surface area contributed by atoms with Gasteiger partial charge in [0.05, 0.1) is 25.7 Å². The van der Waals surface area contributed by atoms with Crippen molar-refractivity contribution in [3.63, 3.8) is 0 Å². The van der Waals surface area contributed by atoms with Gasteiger partial charge in [0, 0.05) is 23.0 Å². The zero-order chi connectivity index (χ0) is 28.5. The lowest BCUT2D eigenvalue weighted by molar-refractivity contribution is -0.141. The molecule has 0 aromatic rings. The Morgan fingerprint density at radius 1 is 0.568 bits per heavy atom. The van der Waals surface area contributed by atoms with Gasteiger partial charge in [-0.3, -0.25) is 28.8 Å². The van der Waals surface area contributed by atoms with Crippen LogP contribution in [0.5, 0.6) is 0 Å². The van der Waals surface area contributed by atoms with Crippen LogP contribution in [0, 0.1) is 0 Å². The summed E-state index contributed by atoms with van der Waals surface area (Å²) >= 11 is 15.6. The Kier molecular flexibility index (Phi) is 17.6. The van der Waals surface area contributed by atoms with Crippen LogP contribution >= 0.6 is 50.5 Å². The molecule has 4 atom stereocenters. The smallest absolute Gasteiger partial charge is 0.327 e. The summed E-state index contributed by atoms with van der Waals surface area (Å²) < 4.78 is 0. The SMILES string of the molecule is N[C@@H](CS)C(=O)NCC(=O)N[C@@H](CS)C(=O)NCC(=O)N[C@@H](CS)C(=O)NCC(=O)N[C@@H](CS)C(=O)O. The lowest BCUT2D eigenvalue weighted by Crippen LogP contribution is -2.55. The van der Waals surface area contributed by atoms with Crippen molar-refractivity contribution in [1.82, 2.24) is 31.9 Å². The van der Waals surface area contributed by atoms with Crippen molar-refractivity contribution in [1.29, 1.82) is 0 Å². The van der Waals surface area contributed by atoms with Crippen LogP contribution in [-0.2, 0) is 33.6 Å². The molecule has 0 aliphatic rings. The van der Waals surface area contributed by atoms with E-state index in [9.17, 15) is 33.6 Å². The average molecular weight is 602 g/mol. The molecule has 0 saturated carbocycles. The number of rotatable bonds is 17. The van der Waals surface area contributed by atoms with Gasteiger partial charge in [-0.05, 0) is 0 Å². The molecular weight excluding hydrogens is 571 g/mol. The number of amides is 6. The zero-order valence-corrected chi connectivity index (χ0v) is 23.0. The molecule has 37 heavy (non-hydrogen) atoms. The quantitative estimate of drug-likeness (QED) is 0.0713. The minimum Gasteiger partial charge on any atom is -0.480 e. The normalized spacial score (nSPS) is 13.6. The molecule has 0 saturated heterocycles. The maximum Gasteiger partial charge on any atom is 0.327 e. The van der Waals surface area contributed by atoms with E-state index >= 15 is 0 Å². The molecule has 0 aromatic heterocycles. The zero-order valence-electron chi connectivity index (χ0n) is 19.4. The molecule has 210 valence electrons. The molecule has 0 bridgehead atoms. The lowest BCUT2D eigenvalue weighted by atomic mass is 10.2. The molecule has 0 radical (unpaired) electrons. The minimum atomic E-state index is -1.29. The number of carboxylic acid groups (broad SMARTS) is 1. The molecule has 9 N–H and O–H groups in total. The Bertz CT molecular complexity index is 851. The number of thiol groups is 4. The number of hydrogen-bond donors (Lipinski definition) is 12. The van der Waals surface area contributed by atoms with Crippen LogP contribution in [0.3, 0.4) is 0 Å². The van der Waals surface area contributed by atoms with E-state index in [2.05, 4.69) is 82.4 Å². The third-order valence-electron chi connectivity index (χ3n) is 4.29. The first-order valence-corrected chi connectivity index (χ1v) is 13.1. The van der Waals surface area contributed by atoms with Gasteiger partial charge in [0.1, 0.15) is 18.1 Å². The van der Waals surface area contributed by atoms with E-state index in [1.807, 2.05) is 0 Å². The summed E-state index contributed by atoms with van der Waals surface area (Å²) in [5.41, 5.74) is 5.47. The molecule has 0 heterocycles. The highest BCUT2D eigenvalue weighted by molar-refractivity contribution is 7.80. The maximum absolute atomic E-state index is 12.3. The first-order valence-electron chi connectivity index (χ1n) is 10.5. The van der Waals surface area contributed by atoms with Gasteiger partial charge in [-0.1, -0.05) is 0 Å². The van der Waals surface area contributed by atoms with Crippen molar-refractivity contribution < 1.29 is 38.7 Å². The summed E-state index contributed by atoms with van der Waals surface area (Å²) in [7, 11) is 0. The van der Waals surface area contributed by atoms with Gasteiger partial charge in [-0.2, -0.15) is 50.5 Å². The fourth-order valence-corrected chi connectivity index (χ4v) is 3.20. The van der Waals surface area contributed by atoms with Crippen LogP contribution in [-0.4, -0.2) is 113 Å². The van der Waals surface area contributed by atoms with Crippen molar-refractivity contribution in [3.8, 4) is 0 Å². The number of nitrogens with one attached hydrogen (secondary N) is 6. The van der Waals surface area contributed by atoms with Crippen LogP contribution in [0.25, 0.3) is 0 Å². The Balaban J connectivity index is 4.60. The number of nitrogens with two attached hydrogens (primary N) is 1. The summed E-state index contributed by atoms with van der Waals surface area (Å²) in [6, 6.07) is -4.44. The second-order valence-electron chi connectivity index (χ2n) is 7.19. The molecule has 0 aliphatic heterocycles. The second-order valence-corrected chi connectivity index (χ2v) is 8.65. The summed E-state index contributed by atoms with van der Waals surface area (Å²) in [6.07, 6.45) is 0. The van der Waals surface area contributed by atoms with E-state index < -0.39 is 85.2 Å². The number of carbonyl (C=O) groups is 7. The molecule has 19 heteroatoms. The Morgan fingerprint density at radius 3 is 1.19 bits per heavy atom. The second kappa shape index (κ2) is 18.8. The van der Waals surface area contributed by atoms with E-state index in [1.165, 1.54) is 0 Å². The third kappa shape index (κ3) is 14.2. The molecule has 0 spiro atoms. The summed E-state index contributed by atoms with van der Waals surface area (Å²) in [5.74, 6) is -6.03. The van der Waals surface area contributed by atoms with Gasteiger partial charge >= 0.3 is 5.97 Å². The fraction of sp³-hybridized carbons (Fsp3) is 0.611. The number of carbonyl (C=O) groups excluding carboxylic acids is 6. The highest BCUT2D eigenvalue weighted by atomic mass is 32.1. The largest absolute Gasteiger partial charge is 0.480 e. The summed E-state index contributed by atoms with van der Waals surface area (Å²) in [5, 5.41) is 22.5. The highest BCUT2D eigenvalue weighted by Gasteiger charge is 2.24. The Hall–Kier alpha value is -2.35. The van der Waals surface area contributed by atoms with E-state index in [4.69, 9.17) is 10.8 Å². The van der Waals surface area contributed by atoms with Gasteiger partial charge < -0.3 is 42.7 Å². The van der Waals surface area contributed by atoms with Gasteiger partial charge in [0.25, 0.3) is 0 Å². The predicted molar refractivity (Wildman–Crippen MR) is 146 cm³/mol. The first-order chi connectivity index (χ1) is 17.4. The third-order valence-corrected chi connectivity index (χ3v) is 5.78. The highest BCUT2D eigenvalue weighted by Crippen LogP contribution is 1.92. The van der Waals surface area contributed by atoms with Crippen LogP contribution in [0.1, 0.15) is 0 Å². The standard InChI is InChI=1S/C18H31N7O8S4/c19-8(4-34)15(29)20-1-12(26)23-9(5-35)16(30)21-2-13(27)24-10(6-36)17(31)22-3-14(28)25-11(7-37)18(32)33/h8-11,34-37H,1-7,19H2,(H,20,29)(H,21,30)(H,22,31)(H,23,26)(H,24,27)(H,25,28)(H,32,33)/t8-,9-,10-,11-/m0/s1. The molecular formula is C18H31N7O8S4. The van der Waals surface area contributed by atoms with Crippen molar-refractivity contribution >= 4 is 91.9 Å². The predicted octanol–water partition coefficient (Wildman–Crippen LogP) is -5.08. The lowest BCUT2D eigenvalue weighted by Gasteiger charge is -2.19. The molecule has 0 aromatic carbocycles. The van der Waals surface area contributed by atoms with Gasteiger partial charge in [0.15, 0.2) is 0 Å². The molecule has 15 nitrogen and oxygen atoms in total. The van der Waals surface area contributed by atoms with Gasteiger partial charge in [-0.25, -0.2) is 4.79 Å². The van der Waals surface area contributed by atoms with Crippen LogP contribution in [0.15, 0.2) is 0 Å². The van der Waals surface area contributed by atoms with E-state index in [0.29, 0.717) is 0 Å². The molecule has 0 unspecified atom stereocenters. The van der Waals surface area contributed by atoms with Crippen LogP contribution in [0.4, 0.5) is 0 Å². The maximum atomic E-state index is 12.3. The van der Waals surface area contributed by atoms with Crippen molar-refractivity contribution in [2.45, 2.75) is 24.2 Å². The van der Waals surface area contributed by atoms with E-state index in [1.54, 1.807) is 0 Å². The van der Waals surface area contributed by atoms with Crippen molar-refractivity contribution in [2.75, 3.05) is 42.6 Å². The summed E-state index contributed by atoms with van der Waals surface area (Å²) in [6.45, 7) is -1.56. The average Bonchev–Trinajstić information content (AvgIpc) is 2.88. The van der Waals surface area contributed by atoms with Crippen molar-refractivity contribution in [3.05, 3.63) is 0 Å². The van der Waals surface area contributed by atoms with Crippen LogP contribution < -0.4 is 37.6 Å². The number of aliphatic carboxylic acids is 1. The Morgan fingerprint density at radius 2 is 0.892 bits per heavy atom. The van der Waals surface area contributed by atoms with E-state index in [0.717, 1.165) is 0 Å². The first kappa shape index (κ1) is 34.6. The fourth-order valence-electron chi connectivity index (χ4n) is 2.27. The topological polar surface area (TPSA) is 238 Å². The molecule has 6 amide bonds. The Labute approximate surface area is 234 Å². The number of hydrogen-bond acceptors (Lipinski definition) is 12. The molecule has 0 aliphatic carbocycles.